The van der Waals surface area contributed by atoms with Gasteiger partial charge in [-0.15, -0.1) is 9.67 Å². The molecule has 0 saturated heterocycles. The summed E-state index contributed by atoms with van der Waals surface area (Å²) in [5.74, 6) is 0.448. The van der Waals surface area contributed by atoms with Crippen LogP contribution in [-0.2, 0) is 6.18 Å². The van der Waals surface area contributed by atoms with Gasteiger partial charge < -0.3 is 4.90 Å². The highest BCUT2D eigenvalue weighted by Gasteiger charge is 2.32. The van der Waals surface area contributed by atoms with Crippen LogP contribution < -0.4 is 4.68 Å². The number of halogens is 3. The van der Waals surface area contributed by atoms with Gasteiger partial charge in [0.1, 0.15) is 17.8 Å². The highest BCUT2D eigenvalue weighted by molar-refractivity contribution is 5.60. The fourth-order valence-corrected chi connectivity index (χ4v) is 1.62. The first-order valence-corrected chi connectivity index (χ1v) is 6.10. The molecule has 0 aliphatic heterocycles. The third-order valence-corrected chi connectivity index (χ3v) is 2.63. The van der Waals surface area contributed by atoms with Gasteiger partial charge in [-0.3, -0.25) is 0 Å². The summed E-state index contributed by atoms with van der Waals surface area (Å²) in [6, 6.07) is 4.07. The number of aromatic nitrogens is 3. The van der Waals surface area contributed by atoms with Crippen LogP contribution in [0.3, 0.4) is 0 Å². The number of rotatable bonds is 3. The van der Waals surface area contributed by atoms with Crippen LogP contribution >= 0.6 is 0 Å². The van der Waals surface area contributed by atoms with Crippen molar-refractivity contribution in [2.75, 3.05) is 14.1 Å². The number of hydrogen-bond donors (Lipinski definition) is 1. The largest absolute Gasteiger partial charge is 0.419 e. The molecule has 0 atom stereocenters. The van der Waals surface area contributed by atoms with Gasteiger partial charge in [-0.1, -0.05) is 4.99 Å². The summed E-state index contributed by atoms with van der Waals surface area (Å²) < 4.78 is 39.0. The Morgan fingerprint density at radius 2 is 2.14 bits per heavy atom. The van der Waals surface area contributed by atoms with Crippen LogP contribution in [0, 0.1) is 11.3 Å². The number of nitriles is 1. The van der Waals surface area contributed by atoms with Crippen LogP contribution in [-0.4, -0.2) is 35.4 Å². The van der Waals surface area contributed by atoms with Crippen molar-refractivity contribution in [3.63, 3.8) is 0 Å². The highest BCUT2D eigenvalue weighted by Crippen LogP contribution is 2.28. The molecule has 2 aromatic heterocycles. The molecule has 114 valence electrons. The first-order chi connectivity index (χ1) is 10.3. The molecule has 9 heteroatoms. The Kier molecular flexibility index (Phi) is 4.12. The first-order valence-electron chi connectivity index (χ1n) is 6.10. The minimum Gasteiger partial charge on any atom is -0.355 e. The van der Waals surface area contributed by atoms with Gasteiger partial charge in [0, 0.05) is 20.2 Å². The van der Waals surface area contributed by atoms with Crippen LogP contribution in [0.1, 0.15) is 11.1 Å². The lowest BCUT2D eigenvalue weighted by Gasteiger charge is -2.04. The van der Waals surface area contributed by atoms with Crippen molar-refractivity contribution in [3.8, 4) is 11.9 Å². The van der Waals surface area contributed by atoms with E-state index in [2.05, 4.69) is 15.1 Å². The normalized spacial score (nSPS) is 11.6. The van der Waals surface area contributed by atoms with E-state index in [0.717, 1.165) is 12.3 Å². The topological polar surface area (TPSA) is 72.0 Å². The molecular weight excluding hydrogens is 297 g/mol. The molecular formula is C13H12F3N6+. The van der Waals surface area contributed by atoms with Crippen LogP contribution in [0.25, 0.3) is 5.82 Å². The van der Waals surface area contributed by atoms with Gasteiger partial charge >= 0.3 is 12.0 Å². The van der Waals surface area contributed by atoms with Crippen molar-refractivity contribution in [2.24, 2.45) is 4.99 Å². The standard InChI is InChI=1S/C13H11F3N6/c1-21(2)8-19-12-9(5-17)6-20-22(12)11-4-3-10(7-18-11)13(14,15)16/h3-4,6-8H,1-2H3/p+1. The second kappa shape index (κ2) is 5.85. The molecule has 0 saturated carbocycles. The third kappa shape index (κ3) is 3.22. The highest BCUT2D eigenvalue weighted by atomic mass is 19.4. The molecule has 2 heterocycles. The van der Waals surface area contributed by atoms with Crippen LogP contribution in [0.5, 0.6) is 0 Å². The van der Waals surface area contributed by atoms with Crippen molar-refractivity contribution < 1.29 is 17.9 Å². The predicted octanol–water partition coefficient (Wildman–Crippen LogP) is 1.80. The Balaban J connectivity index is 2.45. The summed E-state index contributed by atoms with van der Waals surface area (Å²) in [7, 11) is 3.51. The average molecular weight is 309 g/mol. The van der Waals surface area contributed by atoms with Gasteiger partial charge in [0.25, 0.3) is 5.82 Å². The molecule has 22 heavy (non-hydrogen) atoms. The van der Waals surface area contributed by atoms with Gasteiger partial charge in [0.15, 0.2) is 6.34 Å². The zero-order valence-electron chi connectivity index (χ0n) is 11.8. The van der Waals surface area contributed by atoms with Crippen LogP contribution in [0.2, 0.25) is 0 Å². The minimum absolute atomic E-state index is 0.195. The number of nitrogens with zero attached hydrogens (tertiary/aromatic N) is 5. The molecule has 0 amide bonds. The number of aromatic amines is 1. The molecule has 0 radical (unpaired) electrons. The van der Waals surface area contributed by atoms with Gasteiger partial charge in [0.2, 0.25) is 0 Å². The van der Waals surface area contributed by atoms with E-state index in [9.17, 15) is 13.2 Å². The summed E-state index contributed by atoms with van der Waals surface area (Å²) in [5, 5.41) is 11.8. The molecule has 0 spiro atoms. The van der Waals surface area contributed by atoms with Crippen LogP contribution in [0.15, 0.2) is 29.5 Å². The van der Waals surface area contributed by atoms with E-state index >= 15 is 0 Å². The van der Waals surface area contributed by atoms with Gasteiger partial charge in [0.05, 0.1) is 11.8 Å². The smallest absolute Gasteiger partial charge is 0.355 e. The quantitative estimate of drug-likeness (QED) is 0.534. The van der Waals surface area contributed by atoms with E-state index in [1.807, 2.05) is 6.07 Å². The molecule has 2 aromatic rings. The predicted molar refractivity (Wildman–Crippen MR) is 71.7 cm³/mol. The van der Waals surface area contributed by atoms with E-state index < -0.39 is 11.7 Å². The second-order valence-electron chi connectivity index (χ2n) is 4.57. The zero-order valence-corrected chi connectivity index (χ0v) is 11.8. The van der Waals surface area contributed by atoms with Crippen molar-refractivity contribution in [1.82, 2.24) is 15.0 Å². The monoisotopic (exact) mass is 309 g/mol. The summed E-state index contributed by atoms with van der Waals surface area (Å²) in [4.78, 5) is 9.56. The maximum Gasteiger partial charge on any atom is 0.419 e. The van der Waals surface area contributed by atoms with Crippen molar-refractivity contribution in [2.45, 2.75) is 6.18 Å². The Hall–Kier alpha value is -2.89. The fourth-order valence-electron chi connectivity index (χ4n) is 1.62. The van der Waals surface area contributed by atoms with Gasteiger partial charge in [-0.2, -0.15) is 18.4 Å². The van der Waals surface area contributed by atoms with Crippen molar-refractivity contribution in [1.29, 1.82) is 5.26 Å². The zero-order chi connectivity index (χ0) is 16.3. The minimum atomic E-state index is -4.45. The fraction of sp³-hybridized carbons (Fsp3) is 0.231. The molecule has 0 bridgehead atoms. The Bertz CT molecular complexity index is 722. The third-order valence-electron chi connectivity index (χ3n) is 2.63. The Labute approximate surface area is 124 Å². The van der Waals surface area contributed by atoms with Crippen LogP contribution in [0.4, 0.5) is 19.0 Å². The van der Waals surface area contributed by atoms with E-state index in [4.69, 9.17) is 5.26 Å². The lowest BCUT2D eigenvalue weighted by atomic mass is 10.3. The molecule has 2 rings (SSSR count). The summed E-state index contributed by atoms with van der Waals surface area (Å²) >= 11 is 0. The number of H-pyrrole nitrogens is 1. The van der Waals surface area contributed by atoms with Gasteiger partial charge in [-0.05, 0) is 6.07 Å². The van der Waals surface area contributed by atoms with Gasteiger partial charge in [-0.25, -0.2) is 5.10 Å². The molecule has 0 unspecified atom stereocenters. The molecule has 0 aliphatic carbocycles. The molecule has 0 aliphatic rings. The summed E-state index contributed by atoms with van der Waals surface area (Å²) in [5.41, 5.74) is -0.595. The number of hydrogen-bond acceptors (Lipinski definition) is 3. The average Bonchev–Trinajstić information content (AvgIpc) is 2.87. The lowest BCUT2D eigenvalue weighted by molar-refractivity contribution is -0.646. The molecule has 0 aromatic carbocycles. The number of pyridine rings is 1. The Morgan fingerprint density at radius 3 is 2.64 bits per heavy atom. The summed E-state index contributed by atoms with van der Waals surface area (Å²) in [6.07, 6.45) is -0.837. The second-order valence-corrected chi connectivity index (χ2v) is 4.57. The van der Waals surface area contributed by atoms with E-state index in [1.54, 1.807) is 19.0 Å². The molecule has 1 N–H and O–H groups in total. The van der Waals surface area contributed by atoms with E-state index in [-0.39, 0.29) is 17.2 Å². The summed E-state index contributed by atoms with van der Waals surface area (Å²) in [6.45, 7) is 0. The van der Waals surface area contributed by atoms with Crippen molar-refractivity contribution >= 4 is 12.2 Å². The first kappa shape index (κ1) is 15.5. The maximum atomic E-state index is 12.5. The van der Waals surface area contributed by atoms with E-state index in [1.165, 1.54) is 23.3 Å². The number of nitrogens with one attached hydrogen (secondary N) is 1. The van der Waals surface area contributed by atoms with Crippen molar-refractivity contribution in [3.05, 3.63) is 35.7 Å². The van der Waals surface area contributed by atoms with E-state index in [0.29, 0.717) is 0 Å². The maximum absolute atomic E-state index is 12.5. The SMILES string of the molecule is CN(C)C=Nc1c(C#N)c[nH][n+]1-c1ccc(C(F)(F)F)cn1. The number of alkyl halides is 3. The molecule has 6 nitrogen and oxygen atoms in total. The Morgan fingerprint density at radius 1 is 1.41 bits per heavy atom. The lowest BCUT2D eigenvalue weighted by Crippen LogP contribution is -2.34. The molecule has 0 fully saturated rings. The number of aliphatic imine (C=N–C) groups is 1.